The highest BCUT2D eigenvalue weighted by molar-refractivity contribution is 7.99. The predicted molar refractivity (Wildman–Crippen MR) is 85.6 cm³/mol. The number of hydrogen-bond acceptors (Lipinski definition) is 5. The molecule has 5 nitrogen and oxygen atoms in total. The Hall–Kier alpha value is -1.56. The van der Waals surface area contributed by atoms with E-state index >= 15 is 0 Å². The van der Waals surface area contributed by atoms with Crippen LogP contribution in [0.2, 0.25) is 0 Å². The van der Waals surface area contributed by atoms with Crippen LogP contribution in [-0.4, -0.2) is 32.5 Å². The zero-order valence-electron chi connectivity index (χ0n) is 12.1. The summed E-state index contributed by atoms with van der Waals surface area (Å²) in [5.74, 6) is 1.03. The number of aromatic nitrogens is 4. The van der Waals surface area contributed by atoms with Crippen LogP contribution in [0.25, 0.3) is 0 Å². The molecule has 0 amide bonds. The number of thioether (sulfide) groups is 1. The van der Waals surface area contributed by atoms with Gasteiger partial charge in [0.05, 0.1) is 6.04 Å². The van der Waals surface area contributed by atoms with Crippen LogP contribution < -0.4 is 5.32 Å². The highest BCUT2D eigenvalue weighted by Crippen LogP contribution is 2.31. The van der Waals surface area contributed by atoms with E-state index < -0.39 is 0 Å². The van der Waals surface area contributed by atoms with Crippen LogP contribution >= 0.6 is 11.8 Å². The molecule has 1 aromatic carbocycles. The third kappa shape index (κ3) is 3.97. The standard InChI is InChI=1S/C15H21N5S/c1-2-7-13(8-3-1)16-11-6-12-21-15-17-18-19-20(15)14-9-4-5-10-14/h1-3,7-8,14,16H,4-6,9-12H2. The van der Waals surface area contributed by atoms with Crippen LogP contribution in [-0.2, 0) is 0 Å². The smallest absolute Gasteiger partial charge is 0.209 e. The number of benzene rings is 1. The van der Waals surface area contributed by atoms with Crippen molar-refractivity contribution in [3.05, 3.63) is 30.3 Å². The Bertz CT molecular complexity index is 536. The molecular formula is C15H21N5S. The Balaban J connectivity index is 1.40. The SMILES string of the molecule is c1ccc(NCCCSc2nnnn2C2CCCC2)cc1. The molecule has 0 unspecified atom stereocenters. The summed E-state index contributed by atoms with van der Waals surface area (Å²) in [6.45, 7) is 0.974. The Morgan fingerprint density at radius 2 is 2.00 bits per heavy atom. The molecule has 3 rings (SSSR count). The van der Waals surface area contributed by atoms with E-state index in [1.54, 1.807) is 11.8 Å². The van der Waals surface area contributed by atoms with Gasteiger partial charge in [-0.25, -0.2) is 4.68 Å². The van der Waals surface area contributed by atoms with Gasteiger partial charge in [-0.1, -0.05) is 42.8 Å². The molecule has 1 saturated carbocycles. The molecule has 0 bridgehead atoms. The Morgan fingerprint density at radius 3 is 2.81 bits per heavy atom. The van der Waals surface area contributed by atoms with Crippen LogP contribution in [0.5, 0.6) is 0 Å². The first-order valence-corrected chi connectivity index (χ1v) is 8.61. The summed E-state index contributed by atoms with van der Waals surface area (Å²) in [6.07, 6.45) is 6.13. The number of tetrazole rings is 1. The van der Waals surface area contributed by atoms with E-state index in [0.29, 0.717) is 6.04 Å². The summed E-state index contributed by atoms with van der Waals surface area (Å²) < 4.78 is 2.03. The van der Waals surface area contributed by atoms with Gasteiger partial charge in [0.1, 0.15) is 0 Å². The normalized spacial score (nSPS) is 15.4. The molecule has 0 spiro atoms. The maximum atomic E-state index is 4.16. The maximum Gasteiger partial charge on any atom is 0.209 e. The Morgan fingerprint density at radius 1 is 1.19 bits per heavy atom. The molecule has 1 fully saturated rings. The molecule has 21 heavy (non-hydrogen) atoms. The number of nitrogens with one attached hydrogen (secondary N) is 1. The molecule has 1 aromatic heterocycles. The molecule has 1 aliphatic rings. The van der Waals surface area contributed by atoms with Gasteiger partial charge in [-0.15, -0.1) is 5.10 Å². The topological polar surface area (TPSA) is 55.6 Å². The van der Waals surface area contributed by atoms with Crippen LogP contribution in [0, 0.1) is 0 Å². The second-order valence-electron chi connectivity index (χ2n) is 5.34. The second-order valence-corrected chi connectivity index (χ2v) is 6.40. The summed E-state index contributed by atoms with van der Waals surface area (Å²) >= 11 is 1.76. The maximum absolute atomic E-state index is 4.16. The van der Waals surface area contributed by atoms with Crippen molar-refractivity contribution < 1.29 is 0 Å². The van der Waals surface area contributed by atoms with Gasteiger partial charge in [-0.05, 0) is 41.8 Å². The van der Waals surface area contributed by atoms with Crippen molar-refractivity contribution >= 4 is 17.4 Å². The first kappa shape index (κ1) is 14.4. The first-order valence-electron chi connectivity index (χ1n) is 7.63. The van der Waals surface area contributed by atoms with E-state index in [-0.39, 0.29) is 0 Å². The molecule has 2 aromatic rings. The van der Waals surface area contributed by atoms with Crippen LogP contribution in [0.4, 0.5) is 5.69 Å². The van der Waals surface area contributed by atoms with Gasteiger partial charge in [0, 0.05) is 18.0 Å². The zero-order valence-corrected chi connectivity index (χ0v) is 12.9. The Labute approximate surface area is 129 Å². The highest BCUT2D eigenvalue weighted by Gasteiger charge is 2.21. The average Bonchev–Trinajstić information content (AvgIpc) is 3.19. The predicted octanol–water partition coefficient (Wildman–Crippen LogP) is 3.38. The molecular weight excluding hydrogens is 282 g/mol. The molecule has 112 valence electrons. The van der Waals surface area contributed by atoms with E-state index in [0.717, 1.165) is 23.9 Å². The minimum atomic E-state index is 0.518. The summed E-state index contributed by atoms with van der Waals surface area (Å²) in [5.41, 5.74) is 1.18. The minimum Gasteiger partial charge on any atom is -0.385 e. The number of rotatable bonds is 7. The van der Waals surface area contributed by atoms with Gasteiger partial charge >= 0.3 is 0 Å². The number of para-hydroxylation sites is 1. The van der Waals surface area contributed by atoms with Crippen molar-refractivity contribution in [1.82, 2.24) is 20.2 Å². The minimum absolute atomic E-state index is 0.518. The van der Waals surface area contributed by atoms with Crippen LogP contribution in [0.1, 0.15) is 38.1 Å². The average molecular weight is 303 g/mol. The summed E-state index contributed by atoms with van der Waals surface area (Å²) in [4.78, 5) is 0. The molecule has 0 radical (unpaired) electrons. The van der Waals surface area contributed by atoms with Crippen LogP contribution in [0.15, 0.2) is 35.5 Å². The van der Waals surface area contributed by atoms with Gasteiger partial charge in [-0.3, -0.25) is 0 Å². The number of nitrogens with zero attached hydrogens (tertiary/aromatic N) is 4. The second kappa shape index (κ2) is 7.45. The van der Waals surface area contributed by atoms with E-state index in [4.69, 9.17) is 0 Å². The quantitative estimate of drug-likeness (QED) is 0.627. The number of anilines is 1. The molecule has 1 N–H and O–H groups in total. The van der Waals surface area contributed by atoms with Gasteiger partial charge < -0.3 is 5.32 Å². The summed E-state index contributed by atoms with van der Waals surface area (Å²) in [5, 5.41) is 16.6. The van der Waals surface area contributed by atoms with Crippen molar-refractivity contribution in [3.8, 4) is 0 Å². The van der Waals surface area contributed by atoms with E-state index in [9.17, 15) is 0 Å². The lowest BCUT2D eigenvalue weighted by Gasteiger charge is -2.10. The fourth-order valence-corrected chi connectivity index (χ4v) is 3.57. The lowest BCUT2D eigenvalue weighted by atomic mass is 10.3. The van der Waals surface area contributed by atoms with Crippen molar-refractivity contribution in [3.63, 3.8) is 0 Å². The molecule has 0 atom stereocenters. The zero-order chi connectivity index (χ0) is 14.3. The van der Waals surface area contributed by atoms with E-state index in [2.05, 4.69) is 33.0 Å². The van der Waals surface area contributed by atoms with Crippen molar-refractivity contribution in [2.75, 3.05) is 17.6 Å². The third-order valence-electron chi connectivity index (χ3n) is 3.79. The largest absolute Gasteiger partial charge is 0.385 e. The van der Waals surface area contributed by atoms with Crippen LogP contribution in [0.3, 0.4) is 0 Å². The van der Waals surface area contributed by atoms with E-state index in [1.807, 2.05) is 22.9 Å². The number of hydrogen-bond donors (Lipinski definition) is 1. The van der Waals surface area contributed by atoms with Gasteiger partial charge in [-0.2, -0.15) is 0 Å². The molecule has 0 saturated heterocycles. The summed E-state index contributed by atoms with van der Waals surface area (Å²) in [7, 11) is 0. The van der Waals surface area contributed by atoms with Crippen molar-refractivity contribution in [2.24, 2.45) is 0 Å². The molecule has 1 aliphatic carbocycles. The van der Waals surface area contributed by atoms with Crippen molar-refractivity contribution in [1.29, 1.82) is 0 Å². The van der Waals surface area contributed by atoms with Gasteiger partial charge in [0.15, 0.2) is 0 Å². The third-order valence-corrected chi connectivity index (χ3v) is 4.81. The van der Waals surface area contributed by atoms with Gasteiger partial charge in [0.25, 0.3) is 0 Å². The van der Waals surface area contributed by atoms with E-state index in [1.165, 1.54) is 31.4 Å². The fraction of sp³-hybridized carbons (Fsp3) is 0.533. The Kier molecular flexibility index (Phi) is 5.10. The lowest BCUT2D eigenvalue weighted by Crippen LogP contribution is -2.09. The highest BCUT2D eigenvalue weighted by atomic mass is 32.2. The van der Waals surface area contributed by atoms with Crippen molar-refractivity contribution in [2.45, 2.75) is 43.3 Å². The monoisotopic (exact) mass is 303 g/mol. The molecule has 1 heterocycles. The molecule has 0 aliphatic heterocycles. The first-order chi connectivity index (χ1) is 10.4. The fourth-order valence-electron chi connectivity index (χ4n) is 2.68. The van der Waals surface area contributed by atoms with Gasteiger partial charge in [0.2, 0.25) is 5.16 Å². The summed E-state index contributed by atoms with van der Waals surface area (Å²) in [6, 6.07) is 10.8. The lowest BCUT2D eigenvalue weighted by molar-refractivity contribution is 0.423. The molecule has 6 heteroatoms.